The van der Waals surface area contributed by atoms with Gasteiger partial charge in [0.1, 0.15) is 6.10 Å². The van der Waals surface area contributed by atoms with Crippen LogP contribution in [-0.2, 0) is 9.53 Å². The largest absolute Gasteiger partial charge is 0.366 e. The monoisotopic (exact) mass is 327 g/mol. The topological polar surface area (TPSA) is 79.5 Å². The fourth-order valence-corrected chi connectivity index (χ4v) is 2.04. The minimum absolute atomic E-state index is 0. The maximum atomic E-state index is 12.0. The number of morpholine rings is 1. The van der Waals surface area contributed by atoms with Crippen molar-refractivity contribution in [2.45, 2.75) is 19.4 Å². The molecule has 0 aromatic heterocycles. The minimum atomic E-state index is -0.490. The lowest BCUT2D eigenvalue weighted by molar-refractivity contribution is -0.128. The number of carbonyl (C=O) groups excluding carboxylic acids is 2. The van der Waals surface area contributed by atoms with Crippen LogP contribution in [0.2, 0.25) is 0 Å². The molecule has 1 heterocycles. The summed E-state index contributed by atoms with van der Waals surface area (Å²) in [4.78, 5) is 23.9. The van der Waals surface area contributed by atoms with Crippen molar-refractivity contribution < 1.29 is 14.3 Å². The second kappa shape index (κ2) is 9.40. The van der Waals surface area contributed by atoms with Crippen LogP contribution in [0, 0.1) is 0 Å². The molecule has 0 aliphatic carbocycles. The Bertz CT molecular complexity index is 505. The third-order valence-electron chi connectivity index (χ3n) is 3.15. The lowest BCUT2D eigenvalue weighted by Crippen LogP contribution is -2.45. The van der Waals surface area contributed by atoms with Gasteiger partial charge >= 0.3 is 0 Å². The molecule has 1 fully saturated rings. The molecule has 1 saturated heterocycles. The Hall–Kier alpha value is -1.63. The summed E-state index contributed by atoms with van der Waals surface area (Å²) in [6, 6.07) is 6.89. The van der Waals surface area contributed by atoms with Crippen molar-refractivity contribution in [3.63, 3.8) is 0 Å². The molecule has 1 aliphatic heterocycles. The first kappa shape index (κ1) is 18.4. The third kappa shape index (κ3) is 5.29. The molecule has 7 heteroatoms. The summed E-state index contributed by atoms with van der Waals surface area (Å²) in [6.45, 7) is 4.42. The van der Waals surface area contributed by atoms with E-state index in [1.165, 1.54) is 0 Å². The molecule has 2 rings (SSSR count). The van der Waals surface area contributed by atoms with E-state index in [1.807, 2.05) is 6.92 Å². The number of hydrogen-bond acceptors (Lipinski definition) is 4. The summed E-state index contributed by atoms with van der Waals surface area (Å²) in [6.07, 6.45) is 0.394. The maximum Gasteiger partial charge on any atom is 0.254 e. The zero-order valence-electron chi connectivity index (χ0n) is 12.6. The van der Waals surface area contributed by atoms with Gasteiger partial charge in [0.25, 0.3) is 11.8 Å². The van der Waals surface area contributed by atoms with Crippen LogP contribution in [-0.4, -0.2) is 44.2 Å². The van der Waals surface area contributed by atoms with E-state index in [-0.39, 0.29) is 24.2 Å². The number of benzene rings is 1. The SMILES string of the molecule is CCCNC(=O)c1cccc(NC(=O)C2CNCCO2)c1.Cl. The number of anilines is 1. The summed E-state index contributed by atoms with van der Waals surface area (Å²) >= 11 is 0. The van der Waals surface area contributed by atoms with Crippen LogP contribution in [0.1, 0.15) is 23.7 Å². The van der Waals surface area contributed by atoms with Crippen molar-refractivity contribution in [2.24, 2.45) is 0 Å². The summed E-state index contributed by atoms with van der Waals surface area (Å²) in [5.41, 5.74) is 1.13. The van der Waals surface area contributed by atoms with E-state index >= 15 is 0 Å². The molecule has 122 valence electrons. The Balaban J connectivity index is 0.00000242. The highest BCUT2D eigenvalue weighted by Crippen LogP contribution is 2.12. The Morgan fingerprint density at radius 2 is 2.23 bits per heavy atom. The number of ether oxygens (including phenoxy) is 1. The van der Waals surface area contributed by atoms with E-state index in [0.717, 1.165) is 13.0 Å². The van der Waals surface area contributed by atoms with Crippen molar-refractivity contribution in [3.05, 3.63) is 29.8 Å². The average Bonchev–Trinajstić information content (AvgIpc) is 2.53. The van der Waals surface area contributed by atoms with E-state index in [2.05, 4.69) is 16.0 Å². The molecule has 1 aromatic carbocycles. The molecule has 2 amide bonds. The van der Waals surface area contributed by atoms with Gasteiger partial charge in [-0.05, 0) is 24.6 Å². The number of hydrogen-bond donors (Lipinski definition) is 3. The molecule has 1 aromatic rings. The lowest BCUT2D eigenvalue weighted by atomic mass is 10.1. The van der Waals surface area contributed by atoms with Gasteiger partial charge in [-0.2, -0.15) is 0 Å². The lowest BCUT2D eigenvalue weighted by Gasteiger charge is -2.22. The zero-order valence-corrected chi connectivity index (χ0v) is 13.4. The summed E-state index contributed by atoms with van der Waals surface area (Å²) < 4.78 is 5.39. The van der Waals surface area contributed by atoms with Crippen molar-refractivity contribution in [1.82, 2.24) is 10.6 Å². The summed E-state index contributed by atoms with van der Waals surface area (Å²) in [7, 11) is 0. The number of halogens is 1. The Morgan fingerprint density at radius 3 is 2.91 bits per heavy atom. The Labute approximate surface area is 136 Å². The smallest absolute Gasteiger partial charge is 0.254 e. The van der Waals surface area contributed by atoms with Crippen LogP contribution < -0.4 is 16.0 Å². The van der Waals surface area contributed by atoms with Crippen molar-refractivity contribution >= 4 is 29.9 Å². The third-order valence-corrected chi connectivity index (χ3v) is 3.15. The van der Waals surface area contributed by atoms with Crippen LogP contribution in [0.3, 0.4) is 0 Å². The van der Waals surface area contributed by atoms with Gasteiger partial charge in [-0.1, -0.05) is 13.0 Å². The van der Waals surface area contributed by atoms with E-state index in [0.29, 0.717) is 30.9 Å². The molecule has 1 atom stereocenters. The van der Waals surface area contributed by atoms with Crippen molar-refractivity contribution in [3.8, 4) is 0 Å². The van der Waals surface area contributed by atoms with Crippen LogP contribution in [0.4, 0.5) is 5.69 Å². The molecular weight excluding hydrogens is 306 g/mol. The quantitative estimate of drug-likeness (QED) is 0.758. The number of nitrogens with one attached hydrogen (secondary N) is 3. The molecule has 0 saturated carbocycles. The Kier molecular flexibility index (Phi) is 7.87. The first-order valence-corrected chi connectivity index (χ1v) is 7.22. The van der Waals surface area contributed by atoms with Crippen LogP contribution in [0.5, 0.6) is 0 Å². The van der Waals surface area contributed by atoms with Crippen LogP contribution >= 0.6 is 12.4 Å². The molecular formula is C15H22ClN3O3. The van der Waals surface area contributed by atoms with Crippen molar-refractivity contribution in [1.29, 1.82) is 0 Å². The molecule has 3 N–H and O–H groups in total. The van der Waals surface area contributed by atoms with Gasteiger partial charge in [0.15, 0.2) is 0 Å². The number of amides is 2. The predicted octanol–water partition coefficient (Wildman–Crippen LogP) is 1.18. The Morgan fingerprint density at radius 1 is 1.41 bits per heavy atom. The molecule has 0 bridgehead atoms. The van der Waals surface area contributed by atoms with Crippen LogP contribution in [0.15, 0.2) is 24.3 Å². The second-order valence-electron chi connectivity index (χ2n) is 4.89. The highest BCUT2D eigenvalue weighted by molar-refractivity contribution is 5.98. The van der Waals surface area contributed by atoms with Gasteiger partial charge in [0.2, 0.25) is 0 Å². The van der Waals surface area contributed by atoms with Crippen molar-refractivity contribution in [2.75, 3.05) is 31.6 Å². The summed E-state index contributed by atoms with van der Waals surface area (Å²) in [5, 5.41) is 8.69. The first-order chi connectivity index (χ1) is 10.2. The average molecular weight is 328 g/mol. The molecule has 6 nitrogen and oxygen atoms in total. The van der Waals surface area contributed by atoms with Gasteiger partial charge < -0.3 is 20.7 Å². The van der Waals surface area contributed by atoms with Crippen LogP contribution in [0.25, 0.3) is 0 Å². The maximum absolute atomic E-state index is 12.0. The molecule has 22 heavy (non-hydrogen) atoms. The highest BCUT2D eigenvalue weighted by Gasteiger charge is 2.21. The summed E-state index contributed by atoms with van der Waals surface area (Å²) in [5.74, 6) is -0.336. The van der Waals surface area contributed by atoms with E-state index < -0.39 is 6.10 Å². The zero-order chi connectivity index (χ0) is 15.1. The molecule has 1 unspecified atom stereocenters. The van der Waals surface area contributed by atoms with Gasteiger partial charge in [-0.15, -0.1) is 12.4 Å². The fraction of sp³-hybridized carbons (Fsp3) is 0.467. The standard InChI is InChI=1S/C15H21N3O3.ClH/c1-2-6-17-14(19)11-4-3-5-12(9-11)18-15(20)13-10-16-7-8-21-13;/h3-5,9,13,16H,2,6-8,10H2,1H3,(H,17,19)(H,18,20);1H. The minimum Gasteiger partial charge on any atom is -0.366 e. The predicted molar refractivity (Wildman–Crippen MR) is 87.6 cm³/mol. The fourth-order valence-electron chi connectivity index (χ4n) is 2.04. The first-order valence-electron chi connectivity index (χ1n) is 7.22. The van der Waals surface area contributed by atoms with Gasteiger partial charge in [0.05, 0.1) is 6.61 Å². The van der Waals surface area contributed by atoms with E-state index in [9.17, 15) is 9.59 Å². The number of rotatable bonds is 5. The number of carbonyl (C=O) groups is 2. The van der Waals surface area contributed by atoms with E-state index in [1.54, 1.807) is 24.3 Å². The normalized spacial score (nSPS) is 17.2. The van der Waals surface area contributed by atoms with Gasteiger partial charge in [-0.3, -0.25) is 9.59 Å². The van der Waals surface area contributed by atoms with E-state index in [4.69, 9.17) is 4.74 Å². The molecule has 1 aliphatic rings. The molecule has 0 spiro atoms. The second-order valence-corrected chi connectivity index (χ2v) is 4.89. The molecule has 0 radical (unpaired) electrons. The van der Waals surface area contributed by atoms with Gasteiger partial charge in [-0.25, -0.2) is 0 Å². The van der Waals surface area contributed by atoms with Gasteiger partial charge in [0, 0.05) is 30.9 Å². The highest BCUT2D eigenvalue weighted by atomic mass is 35.5.